The van der Waals surface area contributed by atoms with Crippen LogP contribution in [0.2, 0.25) is 0 Å². The van der Waals surface area contributed by atoms with Gasteiger partial charge in [-0.25, -0.2) is 0 Å². The van der Waals surface area contributed by atoms with Gasteiger partial charge in [0, 0.05) is 6.54 Å². The highest BCUT2D eigenvalue weighted by Crippen LogP contribution is 2.39. The summed E-state index contributed by atoms with van der Waals surface area (Å²) in [7, 11) is 3.19. The molecule has 0 spiro atoms. The summed E-state index contributed by atoms with van der Waals surface area (Å²) in [6.07, 6.45) is 3.01. The molecule has 0 unspecified atom stereocenters. The van der Waals surface area contributed by atoms with E-state index in [2.05, 4.69) is 0 Å². The average molecular weight is 469 g/mol. The Morgan fingerprint density at radius 3 is 2.27 bits per heavy atom. The van der Waals surface area contributed by atoms with Crippen molar-refractivity contribution < 1.29 is 23.9 Å². The topological polar surface area (TPSA) is 76.2 Å². The number of fused-ring (bicyclic) bond motifs is 2. The maximum Gasteiger partial charge on any atom is 0.262 e. The Morgan fingerprint density at radius 1 is 1.09 bits per heavy atom. The number of hydrogen-bond donors (Lipinski definition) is 0. The lowest BCUT2D eigenvalue weighted by molar-refractivity contribution is -0.138. The first-order valence-corrected chi connectivity index (χ1v) is 12.3. The second kappa shape index (κ2) is 9.47. The van der Waals surface area contributed by atoms with Gasteiger partial charge in [0.05, 0.1) is 31.4 Å². The Hall–Kier alpha value is -3.00. The fourth-order valence-electron chi connectivity index (χ4n) is 4.72. The first kappa shape index (κ1) is 23.2. The summed E-state index contributed by atoms with van der Waals surface area (Å²) >= 11 is 1.59. The zero-order valence-corrected chi connectivity index (χ0v) is 20.1. The molecule has 2 aromatic carbocycles. The van der Waals surface area contributed by atoms with Crippen molar-refractivity contribution in [1.82, 2.24) is 9.80 Å². The number of rotatable bonds is 7. The summed E-state index contributed by atoms with van der Waals surface area (Å²) in [4.78, 5) is 43.1. The van der Waals surface area contributed by atoms with E-state index in [1.165, 1.54) is 4.90 Å². The summed E-state index contributed by atoms with van der Waals surface area (Å²) < 4.78 is 10.9. The van der Waals surface area contributed by atoms with Gasteiger partial charge in [-0.15, -0.1) is 0 Å². The largest absolute Gasteiger partial charge is 0.493 e. The number of amides is 3. The third-order valence-corrected chi connectivity index (χ3v) is 7.13. The van der Waals surface area contributed by atoms with E-state index in [0.717, 1.165) is 11.1 Å². The number of thioether (sulfide) groups is 1. The van der Waals surface area contributed by atoms with E-state index in [0.29, 0.717) is 47.8 Å². The summed E-state index contributed by atoms with van der Waals surface area (Å²) in [5, 5.41) is 0. The fourth-order valence-corrected chi connectivity index (χ4v) is 5.18. The van der Waals surface area contributed by atoms with Crippen molar-refractivity contribution in [3.05, 3.63) is 58.7 Å². The van der Waals surface area contributed by atoms with Gasteiger partial charge in [-0.1, -0.05) is 12.1 Å². The van der Waals surface area contributed by atoms with Crippen molar-refractivity contribution in [2.75, 3.05) is 32.8 Å². The highest BCUT2D eigenvalue weighted by Gasteiger charge is 2.44. The lowest BCUT2D eigenvalue weighted by Gasteiger charge is -2.39. The number of benzene rings is 2. The standard InChI is InChI=1S/C25H28N2O5S/c1-15-19-14-22(32-3)21(31-2)13-16(19)9-11-26(15)25(30)20(10-12-33-4)27-23(28)17-7-5-6-8-18(17)24(27)29/h5-8,13-15,20H,9-12H2,1-4H3/t15-,20+/m0/s1. The molecule has 7 nitrogen and oxygen atoms in total. The van der Waals surface area contributed by atoms with Crippen LogP contribution in [0.1, 0.15) is 51.2 Å². The van der Waals surface area contributed by atoms with E-state index < -0.39 is 17.9 Å². The van der Waals surface area contributed by atoms with Crippen LogP contribution in [-0.4, -0.2) is 66.3 Å². The van der Waals surface area contributed by atoms with Crippen LogP contribution in [0.15, 0.2) is 36.4 Å². The van der Waals surface area contributed by atoms with Crippen LogP contribution >= 0.6 is 11.8 Å². The van der Waals surface area contributed by atoms with E-state index in [9.17, 15) is 14.4 Å². The molecule has 174 valence electrons. The Morgan fingerprint density at radius 2 is 1.70 bits per heavy atom. The van der Waals surface area contributed by atoms with Gasteiger partial charge in [-0.05, 0) is 67.2 Å². The third-order valence-electron chi connectivity index (χ3n) is 6.49. The SMILES string of the molecule is COc1cc2c(cc1OC)[C@H](C)N(C(=O)[C@@H](CCSC)N1C(=O)c3ccccc3C1=O)CC2. The lowest BCUT2D eigenvalue weighted by Crippen LogP contribution is -2.53. The number of carbonyl (C=O) groups excluding carboxylic acids is 3. The van der Waals surface area contributed by atoms with Gasteiger partial charge in [0.15, 0.2) is 11.5 Å². The number of methoxy groups -OCH3 is 2. The van der Waals surface area contributed by atoms with Crippen molar-refractivity contribution in [2.45, 2.75) is 31.8 Å². The average Bonchev–Trinajstić information content (AvgIpc) is 3.09. The van der Waals surface area contributed by atoms with Crippen LogP contribution in [0, 0.1) is 0 Å². The molecular formula is C25H28N2O5S. The second-order valence-electron chi connectivity index (χ2n) is 8.19. The van der Waals surface area contributed by atoms with Crippen LogP contribution < -0.4 is 9.47 Å². The van der Waals surface area contributed by atoms with Crippen molar-refractivity contribution >= 4 is 29.5 Å². The van der Waals surface area contributed by atoms with Gasteiger partial charge in [0.1, 0.15) is 6.04 Å². The number of nitrogens with zero attached hydrogens (tertiary/aromatic N) is 2. The molecule has 0 N–H and O–H groups in total. The van der Waals surface area contributed by atoms with Crippen molar-refractivity contribution in [3.63, 3.8) is 0 Å². The van der Waals surface area contributed by atoms with Gasteiger partial charge < -0.3 is 14.4 Å². The Bertz CT molecular complexity index is 1070. The predicted molar refractivity (Wildman–Crippen MR) is 127 cm³/mol. The van der Waals surface area contributed by atoms with E-state index >= 15 is 0 Å². The Labute approximate surface area is 198 Å². The van der Waals surface area contributed by atoms with Crippen LogP contribution in [0.4, 0.5) is 0 Å². The molecule has 0 saturated carbocycles. The molecule has 0 bridgehead atoms. The highest BCUT2D eigenvalue weighted by molar-refractivity contribution is 7.98. The fraction of sp³-hybridized carbons (Fsp3) is 0.400. The van der Waals surface area contributed by atoms with Crippen LogP contribution in [0.5, 0.6) is 11.5 Å². The van der Waals surface area contributed by atoms with Crippen LogP contribution in [0.3, 0.4) is 0 Å². The molecule has 0 aromatic heterocycles. The highest BCUT2D eigenvalue weighted by atomic mass is 32.2. The second-order valence-corrected chi connectivity index (χ2v) is 9.17. The van der Waals surface area contributed by atoms with Gasteiger partial charge in [-0.3, -0.25) is 19.3 Å². The molecule has 2 atom stereocenters. The molecule has 2 heterocycles. The minimum absolute atomic E-state index is 0.202. The van der Waals surface area contributed by atoms with Gasteiger partial charge in [-0.2, -0.15) is 11.8 Å². The Balaban J connectivity index is 1.66. The molecule has 2 aliphatic rings. The first-order chi connectivity index (χ1) is 15.9. The summed E-state index contributed by atoms with van der Waals surface area (Å²) in [5.74, 6) is 0.932. The molecule has 2 aliphatic heterocycles. The predicted octanol–water partition coefficient (Wildman–Crippen LogP) is 3.57. The van der Waals surface area contributed by atoms with Crippen LogP contribution in [0.25, 0.3) is 0 Å². The van der Waals surface area contributed by atoms with E-state index in [1.807, 2.05) is 25.3 Å². The molecule has 3 amide bonds. The minimum atomic E-state index is -0.839. The number of imide groups is 1. The summed E-state index contributed by atoms with van der Waals surface area (Å²) in [6, 6.07) is 9.56. The number of ether oxygens (including phenoxy) is 2. The maximum absolute atomic E-state index is 13.8. The number of carbonyl (C=O) groups is 3. The third kappa shape index (κ3) is 3.97. The van der Waals surface area contributed by atoms with Crippen molar-refractivity contribution in [1.29, 1.82) is 0 Å². The number of hydrogen-bond acceptors (Lipinski definition) is 6. The van der Waals surface area contributed by atoms with Crippen molar-refractivity contribution in [3.8, 4) is 11.5 Å². The molecule has 0 aliphatic carbocycles. The molecule has 2 aromatic rings. The molecule has 0 fully saturated rings. The summed E-state index contributed by atoms with van der Waals surface area (Å²) in [5.41, 5.74) is 2.81. The van der Waals surface area contributed by atoms with Crippen molar-refractivity contribution in [2.24, 2.45) is 0 Å². The molecular weight excluding hydrogens is 440 g/mol. The molecule has 33 heavy (non-hydrogen) atoms. The first-order valence-electron chi connectivity index (χ1n) is 10.9. The van der Waals surface area contributed by atoms with Crippen LogP contribution in [-0.2, 0) is 11.2 Å². The molecule has 4 rings (SSSR count). The zero-order chi connectivity index (χ0) is 23.7. The van der Waals surface area contributed by atoms with E-state index in [1.54, 1.807) is 55.1 Å². The molecule has 8 heteroatoms. The zero-order valence-electron chi connectivity index (χ0n) is 19.3. The van der Waals surface area contributed by atoms with E-state index in [-0.39, 0.29) is 11.9 Å². The monoisotopic (exact) mass is 468 g/mol. The quantitative estimate of drug-likeness (QED) is 0.579. The van der Waals surface area contributed by atoms with E-state index in [4.69, 9.17) is 9.47 Å². The normalized spacial score (nSPS) is 18.1. The summed E-state index contributed by atoms with van der Waals surface area (Å²) in [6.45, 7) is 2.47. The smallest absolute Gasteiger partial charge is 0.262 e. The van der Waals surface area contributed by atoms with Gasteiger partial charge in [0.25, 0.3) is 11.8 Å². The van der Waals surface area contributed by atoms with Gasteiger partial charge >= 0.3 is 0 Å². The minimum Gasteiger partial charge on any atom is -0.493 e. The van der Waals surface area contributed by atoms with Gasteiger partial charge in [0.2, 0.25) is 5.91 Å². The Kier molecular flexibility index (Phi) is 6.65. The maximum atomic E-state index is 13.8. The molecule has 0 radical (unpaired) electrons. The lowest BCUT2D eigenvalue weighted by atomic mass is 9.92. The molecule has 0 saturated heterocycles.